The average molecular weight is 464 g/mol. The number of hydrogen-bond acceptors (Lipinski definition) is 6. The molecule has 0 N–H and O–H groups in total. The van der Waals surface area contributed by atoms with Gasteiger partial charge in [-0.3, -0.25) is 4.79 Å². The minimum atomic E-state index is -3.73. The number of halogens is 1. The van der Waals surface area contributed by atoms with Crippen molar-refractivity contribution in [2.45, 2.75) is 17.9 Å². The zero-order valence-electron chi connectivity index (χ0n) is 16.7. The topological polar surface area (TPSA) is 79.8 Å². The molecule has 4 rings (SSSR count). The quantitative estimate of drug-likeness (QED) is 0.562. The van der Waals surface area contributed by atoms with Gasteiger partial charge < -0.3 is 9.64 Å². The molecular weight excluding hydrogens is 441 g/mol. The largest absolute Gasteiger partial charge is 0.364 e. The summed E-state index contributed by atoms with van der Waals surface area (Å²) in [6.07, 6.45) is 0.518. The van der Waals surface area contributed by atoms with Crippen molar-refractivity contribution in [1.29, 1.82) is 0 Å². The van der Waals surface area contributed by atoms with Crippen LogP contribution in [0.3, 0.4) is 0 Å². The van der Waals surface area contributed by atoms with E-state index in [1.54, 1.807) is 4.90 Å². The second-order valence-electron chi connectivity index (χ2n) is 7.16. The Bertz CT molecular complexity index is 1130. The van der Waals surface area contributed by atoms with Crippen LogP contribution in [0.2, 0.25) is 0 Å². The third-order valence-corrected chi connectivity index (χ3v) is 7.97. The molecule has 1 amide bonds. The van der Waals surface area contributed by atoms with Crippen LogP contribution in [0.1, 0.15) is 11.4 Å². The van der Waals surface area contributed by atoms with Gasteiger partial charge in [0.15, 0.2) is 0 Å². The third-order valence-electron chi connectivity index (χ3n) is 5.05. The SMILES string of the molecule is O=C(COCc1nc2ccccc2s1)N1CCCN(S(=O)(=O)c2ccc(F)cc2)CC1. The van der Waals surface area contributed by atoms with E-state index in [9.17, 15) is 17.6 Å². The number of nitrogens with zero attached hydrogens (tertiary/aromatic N) is 3. The molecule has 0 radical (unpaired) electrons. The molecule has 0 saturated carbocycles. The molecule has 0 atom stereocenters. The molecule has 2 heterocycles. The van der Waals surface area contributed by atoms with Crippen molar-refractivity contribution in [3.05, 3.63) is 59.4 Å². The van der Waals surface area contributed by atoms with E-state index in [4.69, 9.17) is 4.74 Å². The number of fused-ring (bicyclic) bond motifs is 1. The van der Waals surface area contributed by atoms with Gasteiger partial charge in [-0.2, -0.15) is 4.31 Å². The molecule has 2 aromatic carbocycles. The van der Waals surface area contributed by atoms with Crippen LogP contribution in [0, 0.1) is 5.82 Å². The van der Waals surface area contributed by atoms with Gasteiger partial charge in [-0.05, 0) is 42.8 Å². The number of sulfonamides is 1. The van der Waals surface area contributed by atoms with E-state index >= 15 is 0 Å². The van der Waals surface area contributed by atoms with E-state index in [1.165, 1.54) is 27.8 Å². The van der Waals surface area contributed by atoms with Gasteiger partial charge in [0.25, 0.3) is 0 Å². The first-order valence-electron chi connectivity index (χ1n) is 9.89. The molecule has 1 saturated heterocycles. The normalized spacial score (nSPS) is 15.8. The zero-order valence-corrected chi connectivity index (χ0v) is 18.4. The van der Waals surface area contributed by atoms with Gasteiger partial charge in [0, 0.05) is 26.2 Å². The fourth-order valence-electron chi connectivity index (χ4n) is 3.44. The summed E-state index contributed by atoms with van der Waals surface area (Å²) < 4.78 is 46.7. The Labute approximate surface area is 184 Å². The fourth-order valence-corrected chi connectivity index (χ4v) is 5.81. The lowest BCUT2D eigenvalue weighted by Crippen LogP contribution is -2.38. The minimum Gasteiger partial charge on any atom is -0.364 e. The predicted octanol–water partition coefficient (Wildman–Crippen LogP) is 2.88. The molecular formula is C21H22FN3O4S2. The van der Waals surface area contributed by atoms with Crippen molar-refractivity contribution in [3.63, 3.8) is 0 Å². The van der Waals surface area contributed by atoms with E-state index in [0.29, 0.717) is 19.5 Å². The molecule has 1 aliphatic heterocycles. The lowest BCUT2D eigenvalue weighted by atomic mass is 10.3. The Morgan fingerprint density at radius 1 is 1.06 bits per heavy atom. The number of para-hydroxylation sites is 1. The van der Waals surface area contributed by atoms with E-state index in [2.05, 4.69) is 4.98 Å². The summed E-state index contributed by atoms with van der Waals surface area (Å²) >= 11 is 1.53. The molecule has 1 aliphatic rings. The van der Waals surface area contributed by atoms with Gasteiger partial charge in [0.2, 0.25) is 15.9 Å². The lowest BCUT2D eigenvalue weighted by Gasteiger charge is -2.22. The number of ether oxygens (including phenoxy) is 1. The smallest absolute Gasteiger partial charge is 0.248 e. The van der Waals surface area contributed by atoms with Crippen molar-refractivity contribution in [1.82, 2.24) is 14.2 Å². The van der Waals surface area contributed by atoms with Crippen molar-refractivity contribution < 1.29 is 22.3 Å². The molecule has 3 aromatic rings. The fraction of sp³-hybridized carbons (Fsp3) is 0.333. The standard InChI is InChI=1S/C21H22FN3O4S2/c22-16-6-8-17(9-7-16)31(27,28)25-11-3-10-24(12-13-25)21(26)15-29-14-20-23-18-4-1-2-5-19(18)30-20/h1-2,4-9H,3,10-15H2. The van der Waals surface area contributed by atoms with Gasteiger partial charge >= 0.3 is 0 Å². The molecule has 7 nitrogen and oxygen atoms in total. The maximum atomic E-state index is 13.1. The molecule has 1 aromatic heterocycles. The van der Waals surface area contributed by atoms with Crippen LogP contribution in [-0.2, 0) is 26.2 Å². The Balaban J connectivity index is 1.30. The highest BCUT2D eigenvalue weighted by molar-refractivity contribution is 7.89. The lowest BCUT2D eigenvalue weighted by molar-refractivity contribution is -0.136. The summed E-state index contributed by atoms with van der Waals surface area (Å²) in [6.45, 7) is 1.40. The van der Waals surface area contributed by atoms with E-state index in [-0.39, 0.29) is 37.1 Å². The first kappa shape index (κ1) is 21.8. The molecule has 31 heavy (non-hydrogen) atoms. The molecule has 0 aliphatic carbocycles. The summed E-state index contributed by atoms with van der Waals surface area (Å²) in [5, 5.41) is 0.807. The predicted molar refractivity (Wildman–Crippen MR) is 116 cm³/mol. The first-order chi connectivity index (χ1) is 14.9. The maximum absolute atomic E-state index is 13.1. The van der Waals surface area contributed by atoms with Crippen molar-refractivity contribution in [2.24, 2.45) is 0 Å². The van der Waals surface area contributed by atoms with Crippen LogP contribution >= 0.6 is 11.3 Å². The molecule has 0 bridgehead atoms. The third kappa shape index (κ3) is 5.09. The summed E-state index contributed by atoms with van der Waals surface area (Å²) in [4.78, 5) is 18.7. The Morgan fingerprint density at radius 3 is 2.61 bits per heavy atom. The number of rotatable bonds is 6. The van der Waals surface area contributed by atoms with Crippen molar-refractivity contribution >= 4 is 37.5 Å². The average Bonchev–Trinajstić information content (AvgIpc) is 2.99. The van der Waals surface area contributed by atoms with Crippen LogP contribution in [0.4, 0.5) is 4.39 Å². The van der Waals surface area contributed by atoms with Crippen molar-refractivity contribution in [2.75, 3.05) is 32.8 Å². The Morgan fingerprint density at radius 2 is 1.84 bits per heavy atom. The second kappa shape index (κ2) is 9.39. The van der Waals surface area contributed by atoms with E-state index in [0.717, 1.165) is 27.4 Å². The summed E-state index contributed by atoms with van der Waals surface area (Å²) in [6, 6.07) is 12.6. The van der Waals surface area contributed by atoms with Crippen LogP contribution in [-0.4, -0.2) is 61.3 Å². The number of amides is 1. The first-order valence-corrected chi connectivity index (χ1v) is 12.1. The highest BCUT2D eigenvalue weighted by atomic mass is 32.2. The van der Waals surface area contributed by atoms with Gasteiger partial charge in [-0.25, -0.2) is 17.8 Å². The van der Waals surface area contributed by atoms with Crippen LogP contribution in [0.5, 0.6) is 0 Å². The Kier molecular flexibility index (Phi) is 6.61. The second-order valence-corrected chi connectivity index (χ2v) is 10.2. The molecule has 0 spiro atoms. The molecule has 10 heteroatoms. The number of carbonyl (C=O) groups is 1. The maximum Gasteiger partial charge on any atom is 0.248 e. The number of thiazole rings is 1. The van der Waals surface area contributed by atoms with E-state index in [1.807, 2.05) is 24.3 Å². The van der Waals surface area contributed by atoms with Crippen LogP contribution < -0.4 is 0 Å². The van der Waals surface area contributed by atoms with Crippen molar-refractivity contribution in [3.8, 4) is 0 Å². The minimum absolute atomic E-state index is 0.0489. The summed E-state index contributed by atoms with van der Waals surface area (Å²) in [7, 11) is -3.73. The number of hydrogen-bond donors (Lipinski definition) is 0. The highest BCUT2D eigenvalue weighted by Crippen LogP contribution is 2.22. The number of benzene rings is 2. The monoisotopic (exact) mass is 463 g/mol. The van der Waals surface area contributed by atoms with Gasteiger partial charge in [0.05, 0.1) is 21.7 Å². The van der Waals surface area contributed by atoms with E-state index < -0.39 is 15.8 Å². The van der Waals surface area contributed by atoms with Crippen LogP contribution in [0.15, 0.2) is 53.4 Å². The van der Waals surface area contributed by atoms with Gasteiger partial charge in [-0.15, -0.1) is 11.3 Å². The molecule has 1 fully saturated rings. The van der Waals surface area contributed by atoms with Gasteiger partial charge in [0.1, 0.15) is 17.4 Å². The summed E-state index contributed by atoms with van der Waals surface area (Å²) in [5.41, 5.74) is 0.910. The molecule has 0 unspecified atom stereocenters. The summed E-state index contributed by atoms with van der Waals surface area (Å²) in [5.74, 6) is -0.667. The van der Waals surface area contributed by atoms with Gasteiger partial charge in [-0.1, -0.05) is 12.1 Å². The van der Waals surface area contributed by atoms with Crippen LogP contribution in [0.25, 0.3) is 10.2 Å². The highest BCUT2D eigenvalue weighted by Gasteiger charge is 2.28. The number of aromatic nitrogens is 1. The number of carbonyl (C=O) groups excluding carboxylic acids is 1. The zero-order chi connectivity index (χ0) is 21.8. The Hall–Kier alpha value is -2.40. The molecule has 164 valence electrons.